The summed E-state index contributed by atoms with van der Waals surface area (Å²) in [7, 11) is -16.8. The predicted molar refractivity (Wildman–Crippen MR) is 95.7 cm³/mol. The molecule has 2 heterocycles. The topological polar surface area (TPSA) is 231 Å². The molecule has 3 unspecified atom stereocenters. The van der Waals surface area contributed by atoms with Crippen LogP contribution in [0.5, 0.6) is 0 Å². The molecule has 2 aliphatic heterocycles. The molecule has 0 aliphatic carbocycles. The van der Waals surface area contributed by atoms with Crippen LogP contribution >= 0.6 is 23.5 Å². The van der Waals surface area contributed by atoms with E-state index in [9.17, 15) is 28.1 Å². The van der Waals surface area contributed by atoms with Gasteiger partial charge in [-0.2, -0.15) is 8.62 Å². The lowest BCUT2D eigenvalue weighted by Gasteiger charge is -2.31. The zero-order valence-corrected chi connectivity index (χ0v) is 17.8. The summed E-state index contributed by atoms with van der Waals surface area (Å²) in [6.07, 6.45) is -2.91. The van der Waals surface area contributed by atoms with Gasteiger partial charge in [-0.1, -0.05) is 6.58 Å². The highest BCUT2D eigenvalue weighted by molar-refractivity contribution is 7.66. The second-order valence-electron chi connectivity index (χ2n) is 6.25. The number of aliphatic hydroxyl groups is 1. The van der Waals surface area contributed by atoms with Crippen molar-refractivity contribution in [2.45, 2.75) is 31.0 Å². The molecule has 15 nitrogen and oxygen atoms in total. The molecular weight excluding hydrogens is 478 g/mol. The lowest BCUT2D eigenvalue weighted by atomic mass is 9.99. The molecule has 30 heavy (non-hydrogen) atoms. The van der Waals surface area contributed by atoms with Crippen LogP contribution in [0.25, 0.3) is 0 Å². The van der Waals surface area contributed by atoms with Crippen LogP contribution in [-0.2, 0) is 31.6 Å². The van der Waals surface area contributed by atoms with E-state index in [-0.39, 0.29) is 11.7 Å². The first kappa shape index (κ1) is 25.3. The standard InChI is InChI=1S/C11H19FN3O12P3/c1-6-14-7(13)3-4-15(6)10-8(12)9(16)11(2,25-10)5-24-29(20,21)27-30(22,23)26-28(17,18)19/h3-4,8-10,16H,1,5H2,2H3,(H2,13,14)(H,20,21)(H,22,23)(H2,17,18,19)/t8?,9-,10-,11-/m1/s1. The molecular formula is C11H19FN3O12P3. The molecule has 6 atom stereocenters. The van der Waals surface area contributed by atoms with Gasteiger partial charge in [-0.05, 0) is 13.0 Å². The fraction of sp³-hybridized carbons (Fsp3) is 0.545. The fourth-order valence-electron chi connectivity index (χ4n) is 2.46. The van der Waals surface area contributed by atoms with Gasteiger partial charge in [0.25, 0.3) is 0 Å². The lowest BCUT2D eigenvalue weighted by Crippen LogP contribution is -2.43. The van der Waals surface area contributed by atoms with Crippen molar-refractivity contribution < 1.29 is 60.6 Å². The molecule has 172 valence electrons. The summed E-state index contributed by atoms with van der Waals surface area (Å²) >= 11 is 0. The normalized spacial score (nSPS) is 33.8. The minimum absolute atomic E-state index is 0.0213. The monoisotopic (exact) mass is 497 g/mol. The van der Waals surface area contributed by atoms with Gasteiger partial charge < -0.3 is 40.1 Å². The summed E-state index contributed by atoms with van der Waals surface area (Å²) in [6.45, 7) is 3.61. The van der Waals surface area contributed by atoms with Crippen molar-refractivity contribution in [2.75, 3.05) is 6.61 Å². The van der Waals surface area contributed by atoms with Gasteiger partial charge in [0, 0.05) is 6.20 Å². The molecule has 0 amide bonds. The number of aliphatic hydroxyl groups excluding tert-OH is 1. The van der Waals surface area contributed by atoms with Gasteiger partial charge in [0.2, 0.25) is 0 Å². The van der Waals surface area contributed by atoms with Crippen molar-refractivity contribution in [3.8, 4) is 0 Å². The molecule has 0 aromatic carbocycles. The Morgan fingerprint density at radius 1 is 1.30 bits per heavy atom. The maximum absolute atomic E-state index is 14.6. The minimum Gasteiger partial charge on any atom is -0.387 e. The first-order valence-corrected chi connectivity index (χ1v) is 12.2. The molecule has 0 radical (unpaired) electrons. The molecule has 1 fully saturated rings. The number of phosphoric ester groups is 1. The Bertz CT molecular complexity index is 907. The molecule has 19 heteroatoms. The highest BCUT2D eigenvalue weighted by Gasteiger charge is 2.56. The Hall–Kier alpha value is -0.990. The summed E-state index contributed by atoms with van der Waals surface area (Å²) in [5.74, 6) is 0.0626. The number of aliphatic imine (C=N–C) groups is 1. The number of rotatable bonds is 8. The average Bonchev–Trinajstić information content (AvgIpc) is 2.75. The van der Waals surface area contributed by atoms with Gasteiger partial charge in [0.15, 0.2) is 12.4 Å². The summed E-state index contributed by atoms with van der Waals surface area (Å²) in [5, 5.41) is 10.2. The molecule has 7 N–H and O–H groups in total. The number of nitrogens with two attached hydrogens (primary N) is 1. The van der Waals surface area contributed by atoms with Crippen LogP contribution in [0.3, 0.4) is 0 Å². The summed E-state index contributed by atoms with van der Waals surface area (Å²) in [6, 6.07) is 0. The number of halogens is 1. The van der Waals surface area contributed by atoms with Crippen LogP contribution < -0.4 is 5.73 Å². The molecule has 1 saturated heterocycles. The number of hydrogen-bond donors (Lipinski definition) is 6. The summed E-state index contributed by atoms with van der Waals surface area (Å²) < 4.78 is 65.3. The Balaban J connectivity index is 2.08. The van der Waals surface area contributed by atoms with Gasteiger partial charge >= 0.3 is 23.5 Å². The second-order valence-corrected chi connectivity index (χ2v) is 10.7. The van der Waals surface area contributed by atoms with Crippen molar-refractivity contribution >= 4 is 29.3 Å². The Kier molecular flexibility index (Phi) is 7.17. The van der Waals surface area contributed by atoms with E-state index < -0.39 is 54.2 Å². The van der Waals surface area contributed by atoms with Crippen molar-refractivity contribution in [1.82, 2.24) is 4.90 Å². The fourth-order valence-corrected chi connectivity index (χ4v) is 5.58. The zero-order valence-electron chi connectivity index (χ0n) is 15.1. The predicted octanol–water partition coefficient (Wildman–Crippen LogP) is -0.199. The van der Waals surface area contributed by atoms with Crippen LogP contribution in [0, 0.1) is 0 Å². The highest BCUT2D eigenvalue weighted by atomic mass is 31.3. The largest absolute Gasteiger partial charge is 0.490 e. The molecule has 0 aromatic rings. The van der Waals surface area contributed by atoms with Gasteiger partial charge in [-0.3, -0.25) is 4.52 Å². The highest BCUT2D eigenvalue weighted by Crippen LogP contribution is 2.66. The third-order valence-electron chi connectivity index (χ3n) is 3.76. The van der Waals surface area contributed by atoms with Crippen molar-refractivity contribution in [1.29, 1.82) is 0 Å². The minimum atomic E-state index is -5.73. The number of alkyl halides is 1. The third-order valence-corrected chi connectivity index (χ3v) is 7.54. The Labute approximate surface area is 168 Å². The summed E-state index contributed by atoms with van der Waals surface area (Å²) in [4.78, 5) is 40.5. The van der Waals surface area contributed by atoms with Crippen LogP contribution in [0.1, 0.15) is 6.92 Å². The molecule has 0 spiro atoms. The van der Waals surface area contributed by atoms with Crippen LogP contribution in [0.15, 0.2) is 29.7 Å². The lowest BCUT2D eigenvalue weighted by molar-refractivity contribution is -0.121. The number of ether oxygens (including phenoxy) is 1. The van der Waals surface area contributed by atoms with Crippen molar-refractivity contribution in [2.24, 2.45) is 10.7 Å². The van der Waals surface area contributed by atoms with E-state index in [1.807, 2.05) is 0 Å². The first-order valence-electron chi connectivity index (χ1n) is 7.73. The molecule has 2 rings (SSSR count). The zero-order chi connectivity index (χ0) is 23.1. The molecule has 0 bridgehead atoms. The third kappa shape index (κ3) is 6.26. The van der Waals surface area contributed by atoms with Gasteiger partial charge in [-0.25, -0.2) is 23.1 Å². The second kappa shape index (κ2) is 8.51. The molecule has 0 saturated carbocycles. The maximum atomic E-state index is 14.6. The number of nitrogens with zero attached hydrogens (tertiary/aromatic N) is 2. The SMILES string of the molecule is C=C1N=C(N)C=CN1[C@@H]1O[C@](C)(COP(=O)(O)OP(=O)(O)OP(=O)(O)O)[C@H](O)C1F. The first-order chi connectivity index (χ1) is 13.4. The van der Waals surface area contributed by atoms with Gasteiger partial charge in [0.1, 0.15) is 23.4 Å². The van der Waals surface area contributed by atoms with E-state index in [1.165, 1.54) is 12.3 Å². The van der Waals surface area contributed by atoms with Gasteiger partial charge in [0.05, 0.1) is 6.61 Å². The molecule has 2 aliphatic rings. The van der Waals surface area contributed by atoms with E-state index in [0.29, 0.717) is 0 Å². The van der Waals surface area contributed by atoms with Crippen LogP contribution in [-0.4, -0.2) is 66.1 Å². The summed E-state index contributed by atoms with van der Waals surface area (Å²) in [5.41, 5.74) is 3.51. The van der Waals surface area contributed by atoms with Crippen LogP contribution in [0.2, 0.25) is 0 Å². The van der Waals surface area contributed by atoms with Crippen molar-refractivity contribution in [3.63, 3.8) is 0 Å². The van der Waals surface area contributed by atoms with E-state index >= 15 is 0 Å². The maximum Gasteiger partial charge on any atom is 0.490 e. The smallest absolute Gasteiger partial charge is 0.387 e. The average molecular weight is 497 g/mol. The van der Waals surface area contributed by atoms with Gasteiger partial charge in [-0.15, -0.1) is 0 Å². The Morgan fingerprint density at radius 3 is 2.43 bits per heavy atom. The molecule has 0 aromatic heterocycles. The van der Waals surface area contributed by atoms with E-state index in [2.05, 4.69) is 24.7 Å². The Morgan fingerprint density at radius 2 is 1.90 bits per heavy atom. The van der Waals surface area contributed by atoms with Crippen molar-refractivity contribution in [3.05, 3.63) is 24.7 Å². The van der Waals surface area contributed by atoms with E-state index in [0.717, 1.165) is 11.8 Å². The number of amidine groups is 1. The quantitative estimate of drug-likeness (QED) is 0.239. The van der Waals surface area contributed by atoms with E-state index in [4.69, 9.17) is 25.2 Å². The number of hydrogen-bond acceptors (Lipinski definition) is 11. The van der Waals surface area contributed by atoms with E-state index in [1.54, 1.807) is 0 Å². The van der Waals surface area contributed by atoms with Crippen LogP contribution in [0.4, 0.5) is 4.39 Å². The number of phosphoric acid groups is 3.